The molecular weight excluding hydrogens is 227 g/mol. The van der Waals surface area contributed by atoms with Gasteiger partial charge in [0.1, 0.15) is 5.82 Å². The smallest absolute Gasteiger partial charge is 0.123 e. The van der Waals surface area contributed by atoms with E-state index in [1.807, 2.05) is 6.07 Å². The molecule has 0 aromatic heterocycles. The van der Waals surface area contributed by atoms with Gasteiger partial charge in [0.25, 0.3) is 0 Å². The molecule has 2 rings (SSSR count). The lowest BCUT2D eigenvalue weighted by molar-refractivity contribution is 0.245. The molecule has 100 valence electrons. The summed E-state index contributed by atoms with van der Waals surface area (Å²) in [6.07, 6.45) is 5.46. The first-order valence-corrected chi connectivity index (χ1v) is 6.91. The van der Waals surface area contributed by atoms with Crippen molar-refractivity contribution in [3.63, 3.8) is 0 Å². The first-order chi connectivity index (χ1) is 8.75. The van der Waals surface area contributed by atoms with E-state index in [0.29, 0.717) is 0 Å². The van der Waals surface area contributed by atoms with Crippen LogP contribution in [0.5, 0.6) is 0 Å². The van der Waals surface area contributed by atoms with E-state index in [0.717, 1.165) is 31.2 Å². The largest absolute Gasteiger partial charge is 0.311 e. The fourth-order valence-corrected chi connectivity index (χ4v) is 2.66. The second-order valence-corrected chi connectivity index (χ2v) is 5.23. The van der Waals surface area contributed by atoms with E-state index in [4.69, 9.17) is 0 Å². The van der Waals surface area contributed by atoms with Crippen molar-refractivity contribution in [1.82, 2.24) is 10.2 Å². The van der Waals surface area contributed by atoms with Crippen molar-refractivity contribution >= 4 is 0 Å². The van der Waals surface area contributed by atoms with E-state index in [1.54, 1.807) is 12.1 Å². The van der Waals surface area contributed by atoms with Gasteiger partial charge in [0.2, 0.25) is 0 Å². The first kappa shape index (κ1) is 13.5. The van der Waals surface area contributed by atoms with Gasteiger partial charge in [0.05, 0.1) is 0 Å². The van der Waals surface area contributed by atoms with Gasteiger partial charge >= 0.3 is 0 Å². The maximum atomic E-state index is 13.0. The Morgan fingerprint density at radius 1 is 1.33 bits per heavy atom. The molecule has 1 aromatic carbocycles. The maximum absolute atomic E-state index is 13.0. The standard InChI is InChI=1S/C15H23FN2/c1-18(15-7-2-3-8-15)10-9-17-12-13-5-4-6-14(16)11-13/h4-6,11,15,17H,2-3,7-10,12H2,1H3. The molecule has 3 heteroatoms. The van der Waals surface area contributed by atoms with Crippen LogP contribution in [-0.4, -0.2) is 31.1 Å². The molecule has 2 nitrogen and oxygen atoms in total. The fourth-order valence-electron chi connectivity index (χ4n) is 2.66. The zero-order valence-corrected chi connectivity index (χ0v) is 11.2. The molecule has 1 fully saturated rings. The van der Waals surface area contributed by atoms with E-state index in [2.05, 4.69) is 17.3 Å². The van der Waals surface area contributed by atoms with Crippen LogP contribution < -0.4 is 5.32 Å². The van der Waals surface area contributed by atoms with Crippen LogP contribution in [-0.2, 0) is 6.54 Å². The van der Waals surface area contributed by atoms with Gasteiger partial charge in [-0.1, -0.05) is 25.0 Å². The fraction of sp³-hybridized carbons (Fsp3) is 0.600. The molecule has 18 heavy (non-hydrogen) atoms. The number of nitrogens with zero attached hydrogens (tertiary/aromatic N) is 1. The number of benzene rings is 1. The van der Waals surface area contributed by atoms with Crippen molar-refractivity contribution in [3.8, 4) is 0 Å². The molecule has 1 aliphatic carbocycles. The van der Waals surface area contributed by atoms with Crippen LogP contribution in [0.1, 0.15) is 31.2 Å². The quantitative estimate of drug-likeness (QED) is 0.781. The zero-order chi connectivity index (χ0) is 12.8. The Hall–Kier alpha value is -0.930. The lowest BCUT2D eigenvalue weighted by Crippen LogP contribution is -2.35. The molecule has 1 N–H and O–H groups in total. The van der Waals surface area contributed by atoms with Gasteiger partial charge in [-0.2, -0.15) is 0 Å². The molecule has 0 atom stereocenters. The Balaban J connectivity index is 1.63. The number of halogens is 1. The van der Waals surface area contributed by atoms with Crippen LogP contribution in [0.25, 0.3) is 0 Å². The predicted molar refractivity (Wildman–Crippen MR) is 73.0 cm³/mol. The van der Waals surface area contributed by atoms with Crippen LogP contribution in [0.15, 0.2) is 24.3 Å². The summed E-state index contributed by atoms with van der Waals surface area (Å²) in [5.74, 6) is -0.155. The molecule has 0 heterocycles. The van der Waals surface area contributed by atoms with Crippen LogP contribution in [0, 0.1) is 5.82 Å². The third-order valence-corrected chi connectivity index (χ3v) is 3.81. The Labute approximate surface area is 109 Å². The predicted octanol–water partition coefficient (Wildman–Crippen LogP) is 2.79. The van der Waals surface area contributed by atoms with Gasteiger partial charge in [0.15, 0.2) is 0 Å². The first-order valence-electron chi connectivity index (χ1n) is 6.91. The topological polar surface area (TPSA) is 15.3 Å². The average Bonchev–Trinajstić information content (AvgIpc) is 2.88. The number of hydrogen-bond acceptors (Lipinski definition) is 2. The van der Waals surface area contributed by atoms with Gasteiger partial charge < -0.3 is 10.2 Å². The lowest BCUT2D eigenvalue weighted by Gasteiger charge is -2.23. The van der Waals surface area contributed by atoms with Crippen molar-refractivity contribution in [1.29, 1.82) is 0 Å². The summed E-state index contributed by atoms with van der Waals surface area (Å²) in [7, 11) is 2.21. The third kappa shape index (κ3) is 4.07. The third-order valence-electron chi connectivity index (χ3n) is 3.81. The molecule has 0 bridgehead atoms. The number of likely N-dealkylation sites (N-methyl/N-ethyl adjacent to an activating group) is 1. The van der Waals surface area contributed by atoms with Gasteiger partial charge in [-0.05, 0) is 37.6 Å². The highest BCUT2D eigenvalue weighted by Gasteiger charge is 2.18. The minimum absolute atomic E-state index is 0.155. The summed E-state index contributed by atoms with van der Waals surface area (Å²) < 4.78 is 13.0. The molecule has 0 radical (unpaired) electrons. The van der Waals surface area contributed by atoms with Gasteiger partial charge in [-0.15, -0.1) is 0 Å². The summed E-state index contributed by atoms with van der Waals surface area (Å²) in [6, 6.07) is 7.57. The van der Waals surface area contributed by atoms with E-state index in [1.165, 1.54) is 31.7 Å². The van der Waals surface area contributed by atoms with Gasteiger partial charge in [-0.3, -0.25) is 0 Å². The Morgan fingerprint density at radius 3 is 2.83 bits per heavy atom. The second kappa shape index (κ2) is 6.86. The maximum Gasteiger partial charge on any atom is 0.123 e. The number of rotatable bonds is 6. The molecule has 0 aliphatic heterocycles. The Morgan fingerprint density at radius 2 is 2.11 bits per heavy atom. The van der Waals surface area contributed by atoms with Crippen molar-refractivity contribution in [2.45, 2.75) is 38.3 Å². The van der Waals surface area contributed by atoms with Crippen LogP contribution in [0.4, 0.5) is 4.39 Å². The summed E-state index contributed by atoms with van der Waals surface area (Å²) in [4.78, 5) is 2.45. The Bertz CT molecular complexity index is 361. The summed E-state index contributed by atoms with van der Waals surface area (Å²) in [5, 5.41) is 3.37. The molecule has 0 spiro atoms. The SMILES string of the molecule is CN(CCNCc1cccc(F)c1)C1CCCC1. The monoisotopic (exact) mass is 250 g/mol. The summed E-state index contributed by atoms with van der Waals surface area (Å²) >= 11 is 0. The van der Waals surface area contributed by atoms with Gasteiger partial charge in [-0.25, -0.2) is 4.39 Å². The van der Waals surface area contributed by atoms with E-state index < -0.39 is 0 Å². The minimum atomic E-state index is -0.155. The van der Waals surface area contributed by atoms with Crippen molar-refractivity contribution in [3.05, 3.63) is 35.6 Å². The average molecular weight is 250 g/mol. The van der Waals surface area contributed by atoms with E-state index in [9.17, 15) is 4.39 Å². The molecule has 0 saturated heterocycles. The van der Waals surface area contributed by atoms with Crippen molar-refractivity contribution in [2.75, 3.05) is 20.1 Å². The molecule has 1 aromatic rings. The highest BCUT2D eigenvalue weighted by atomic mass is 19.1. The highest BCUT2D eigenvalue weighted by Crippen LogP contribution is 2.21. The molecule has 1 saturated carbocycles. The van der Waals surface area contributed by atoms with Crippen molar-refractivity contribution < 1.29 is 4.39 Å². The van der Waals surface area contributed by atoms with E-state index >= 15 is 0 Å². The van der Waals surface area contributed by atoms with Crippen LogP contribution >= 0.6 is 0 Å². The van der Waals surface area contributed by atoms with Crippen molar-refractivity contribution in [2.24, 2.45) is 0 Å². The summed E-state index contributed by atoms with van der Waals surface area (Å²) in [5.41, 5.74) is 1.01. The molecule has 0 amide bonds. The summed E-state index contributed by atoms with van der Waals surface area (Å²) in [6.45, 7) is 2.78. The lowest BCUT2D eigenvalue weighted by atomic mass is 10.2. The second-order valence-electron chi connectivity index (χ2n) is 5.23. The highest BCUT2D eigenvalue weighted by molar-refractivity contribution is 5.15. The van der Waals surface area contributed by atoms with Crippen LogP contribution in [0.2, 0.25) is 0 Å². The zero-order valence-electron chi connectivity index (χ0n) is 11.2. The minimum Gasteiger partial charge on any atom is -0.311 e. The Kier molecular flexibility index (Phi) is 5.14. The molecular formula is C15H23FN2. The normalized spacial score (nSPS) is 16.6. The number of hydrogen-bond donors (Lipinski definition) is 1. The van der Waals surface area contributed by atoms with E-state index in [-0.39, 0.29) is 5.82 Å². The van der Waals surface area contributed by atoms with Crippen LogP contribution in [0.3, 0.4) is 0 Å². The molecule has 1 aliphatic rings. The number of nitrogens with one attached hydrogen (secondary N) is 1. The van der Waals surface area contributed by atoms with Gasteiger partial charge in [0, 0.05) is 25.7 Å². The molecule has 0 unspecified atom stereocenters.